The minimum atomic E-state index is -4.51. The molecule has 3 nitrogen and oxygen atoms in total. The molecule has 0 spiro atoms. The molecule has 2 aromatic carbocycles. The summed E-state index contributed by atoms with van der Waals surface area (Å²) in [6.45, 7) is 0.645. The van der Waals surface area contributed by atoms with Crippen molar-refractivity contribution in [1.82, 2.24) is 9.78 Å². The van der Waals surface area contributed by atoms with Crippen LogP contribution in [0.2, 0.25) is 10.0 Å². The summed E-state index contributed by atoms with van der Waals surface area (Å²) in [4.78, 5) is 0. The summed E-state index contributed by atoms with van der Waals surface area (Å²) in [5.74, 6) is 0.0856. The number of nitrogens with zero attached hydrogens (tertiary/aromatic N) is 2. The summed E-state index contributed by atoms with van der Waals surface area (Å²) in [7, 11) is 0. The van der Waals surface area contributed by atoms with Crippen LogP contribution in [0, 0.1) is 5.82 Å². The number of anilines is 1. The number of halogens is 6. The van der Waals surface area contributed by atoms with Gasteiger partial charge in [0.25, 0.3) is 0 Å². The van der Waals surface area contributed by atoms with Crippen LogP contribution >= 0.6 is 23.2 Å². The third kappa shape index (κ3) is 3.81. The van der Waals surface area contributed by atoms with Crippen LogP contribution in [0.4, 0.5) is 23.4 Å². The summed E-state index contributed by atoms with van der Waals surface area (Å²) < 4.78 is 54.6. The van der Waals surface area contributed by atoms with Gasteiger partial charge in [0.1, 0.15) is 11.6 Å². The van der Waals surface area contributed by atoms with Crippen LogP contribution in [0.3, 0.4) is 0 Å². The van der Waals surface area contributed by atoms with Crippen LogP contribution in [0.5, 0.6) is 0 Å². The Hall–Kier alpha value is -2.25. The lowest BCUT2D eigenvalue weighted by Crippen LogP contribution is -2.10. The van der Waals surface area contributed by atoms with Gasteiger partial charge in [-0.25, -0.2) is 9.07 Å². The average molecular weight is 444 g/mol. The molecule has 1 aliphatic heterocycles. The van der Waals surface area contributed by atoms with E-state index in [1.54, 1.807) is 0 Å². The lowest BCUT2D eigenvalue weighted by Gasteiger charge is -2.13. The van der Waals surface area contributed by atoms with Crippen LogP contribution in [-0.4, -0.2) is 16.3 Å². The second kappa shape index (κ2) is 7.54. The first-order valence-electron chi connectivity index (χ1n) is 8.94. The Labute approximate surface area is 174 Å². The van der Waals surface area contributed by atoms with Gasteiger partial charge in [-0.1, -0.05) is 23.2 Å². The Bertz CT molecular complexity index is 1080. The van der Waals surface area contributed by atoms with E-state index in [1.807, 2.05) is 0 Å². The predicted molar refractivity (Wildman–Crippen MR) is 105 cm³/mol. The highest BCUT2D eigenvalue weighted by Gasteiger charge is 2.32. The summed E-state index contributed by atoms with van der Waals surface area (Å²) in [6, 6.07) is 7.08. The monoisotopic (exact) mass is 443 g/mol. The van der Waals surface area contributed by atoms with Crippen LogP contribution in [0.1, 0.15) is 24.0 Å². The SMILES string of the molecule is Fc1ccc(-c2nn(-c3cc(C(F)(F)F)ccc3Cl)c3c2CCCCN3)c(Cl)c1. The molecule has 1 N–H and O–H groups in total. The molecule has 0 atom stereocenters. The van der Waals surface area contributed by atoms with Crippen molar-refractivity contribution in [2.24, 2.45) is 0 Å². The molecule has 3 aromatic rings. The van der Waals surface area contributed by atoms with E-state index < -0.39 is 17.6 Å². The Balaban J connectivity index is 1.95. The van der Waals surface area contributed by atoms with Gasteiger partial charge in [0.05, 0.1) is 27.0 Å². The minimum absolute atomic E-state index is 0.108. The molecule has 0 saturated heterocycles. The first-order chi connectivity index (χ1) is 13.8. The van der Waals surface area contributed by atoms with Gasteiger partial charge >= 0.3 is 6.18 Å². The lowest BCUT2D eigenvalue weighted by molar-refractivity contribution is -0.137. The number of hydrogen-bond acceptors (Lipinski definition) is 2. The van der Waals surface area contributed by atoms with Gasteiger partial charge in [-0.15, -0.1) is 0 Å². The molecule has 0 amide bonds. The third-order valence-corrected chi connectivity index (χ3v) is 5.45. The molecular weight excluding hydrogens is 429 g/mol. The third-order valence-electron chi connectivity index (χ3n) is 4.82. The van der Waals surface area contributed by atoms with Gasteiger partial charge in [-0.05, 0) is 55.7 Å². The average Bonchev–Trinajstić information content (AvgIpc) is 2.83. The molecule has 0 bridgehead atoms. The number of nitrogens with one attached hydrogen (secondary N) is 1. The molecule has 4 rings (SSSR count). The zero-order valence-electron chi connectivity index (χ0n) is 15.0. The predicted octanol–water partition coefficient (Wildman–Crippen LogP) is 6.75. The van der Waals surface area contributed by atoms with E-state index in [9.17, 15) is 17.6 Å². The fraction of sp³-hybridized carbons (Fsp3) is 0.250. The van der Waals surface area contributed by atoms with E-state index in [0.717, 1.165) is 30.5 Å². The molecule has 0 unspecified atom stereocenters. The van der Waals surface area contributed by atoms with Gasteiger partial charge in [0, 0.05) is 17.7 Å². The normalized spacial score (nSPS) is 14.3. The van der Waals surface area contributed by atoms with E-state index in [0.29, 0.717) is 30.0 Å². The van der Waals surface area contributed by atoms with Gasteiger partial charge in [-0.2, -0.15) is 18.3 Å². The second-order valence-electron chi connectivity index (χ2n) is 6.76. The number of aromatic nitrogens is 2. The maximum absolute atomic E-state index is 13.5. The Kier molecular flexibility index (Phi) is 5.21. The first kappa shape index (κ1) is 20.0. The first-order valence-corrected chi connectivity index (χ1v) is 9.69. The van der Waals surface area contributed by atoms with Crippen LogP contribution in [-0.2, 0) is 12.6 Å². The number of rotatable bonds is 2. The molecule has 0 aliphatic carbocycles. The van der Waals surface area contributed by atoms with Crippen molar-refractivity contribution in [3.05, 3.63) is 63.4 Å². The summed E-state index contributed by atoms with van der Waals surface area (Å²) >= 11 is 12.5. The molecule has 1 aromatic heterocycles. The Morgan fingerprint density at radius 2 is 1.79 bits per heavy atom. The van der Waals surface area contributed by atoms with Gasteiger partial charge in [0.15, 0.2) is 0 Å². The van der Waals surface area contributed by atoms with Crippen LogP contribution < -0.4 is 5.32 Å². The second-order valence-corrected chi connectivity index (χ2v) is 7.57. The molecular formula is C20H15Cl2F4N3. The minimum Gasteiger partial charge on any atom is -0.370 e. The van der Waals surface area contributed by atoms with Crippen molar-refractivity contribution in [1.29, 1.82) is 0 Å². The summed E-state index contributed by atoms with van der Waals surface area (Å²) in [5.41, 5.74) is 1.10. The molecule has 2 heterocycles. The lowest BCUT2D eigenvalue weighted by atomic mass is 10.0. The maximum atomic E-state index is 13.5. The fourth-order valence-corrected chi connectivity index (χ4v) is 3.88. The quantitative estimate of drug-likeness (QED) is 0.443. The van der Waals surface area contributed by atoms with Gasteiger partial charge < -0.3 is 5.32 Å². The van der Waals surface area contributed by atoms with Crippen LogP contribution in [0.15, 0.2) is 36.4 Å². The molecule has 29 heavy (non-hydrogen) atoms. The highest BCUT2D eigenvalue weighted by molar-refractivity contribution is 6.33. The van der Waals surface area contributed by atoms with Crippen LogP contribution in [0.25, 0.3) is 16.9 Å². The standard InChI is InChI=1S/C20H15Cl2F4N3/c21-15-7-4-11(20(24,25)26)9-17(15)29-19-14(3-1-2-8-27-19)18(28-29)13-6-5-12(23)10-16(13)22/h4-7,9-10,27H,1-3,8H2. The molecule has 9 heteroatoms. The van der Waals surface area contributed by atoms with E-state index in [1.165, 1.54) is 28.9 Å². The molecule has 1 aliphatic rings. The fourth-order valence-electron chi connectivity index (χ4n) is 3.43. The largest absolute Gasteiger partial charge is 0.416 e. The van der Waals surface area contributed by atoms with E-state index in [2.05, 4.69) is 10.4 Å². The Morgan fingerprint density at radius 3 is 2.52 bits per heavy atom. The summed E-state index contributed by atoms with van der Waals surface area (Å²) in [5, 5.41) is 8.09. The highest BCUT2D eigenvalue weighted by atomic mass is 35.5. The summed E-state index contributed by atoms with van der Waals surface area (Å²) in [6.07, 6.45) is -2.10. The van der Waals surface area contributed by atoms with E-state index >= 15 is 0 Å². The highest BCUT2D eigenvalue weighted by Crippen LogP contribution is 2.39. The van der Waals surface area contributed by atoms with Crippen molar-refractivity contribution in [3.63, 3.8) is 0 Å². The number of alkyl halides is 3. The zero-order chi connectivity index (χ0) is 20.8. The van der Waals surface area contributed by atoms with Gasteiger partial charge in [0.2, 0.25) is 0 Å². The van der Waals surface area contributed by atoms with E-state index in [4.69, 9.17) is 23.2 Å². The molecule has 0 saturated carbocycles. The number of fused-ring (bicyclic) bond motifs is 1. The van der Waals surface area contributed by atoms with Crippen molar-refractivity contribution in [3.8, 4) is 16.9 Å². The maximum Gasteiger partial charge on any atom is 0.416 e. The number of benzene rings is 2. The van der Waals surface area contributed by atoms with Crippen molar-refractivity contribution < 1.29 is 17.6 Å². The van der Waals surface area contributed by atoms with E-state index in [-0.39, 0.29) is 15.7 Å². The van der Waals surface area contributed by atoms with Crippen molar-refractivity contribution in [2.45, 2.75) is 25.4 Å². The number of hydrogen-bond donors (Lipinski definition) is 1. The van der Waals surface area contributed by atoms with Crippen molar-refractivity contribution >= 4 is 29.0 Å². The molecule has 0 fully saturated rings. The topological polar surface area (TPSA) is 29.9 Å². The van der Waals surface area contributed by atoms with Gasteiger partial charge in [-0.3, -0.25) is 0 Å². The molecule has 152 valence electrons. The Morgan fingerprint density at radius 1 is 1.00 bits per heavy atom. The molecule has 0 radical (unpaired) electrons. The van der Waals surface area contributed by atoms with Crippen molar-refractivity contribution in [2.75, 3.05) is 11.9 Å². The zero-order valence-corrected chi connectivity index (χ0v) is 16.5. The smallest absolute Gasteiger partial charge is 0.370 e.